The van der Waals surface area contributed by atoms with Gasteiger partial charge in [0.1, 0.15) is 6.17 Å². The quantitative estimate of drug-likeness (QED) is 0.444. The van der Waals surface area contributed by atoms with Crippen LogP contribution in [0.2, 0.25) is 0 Å². The van der Waals surface area contributed by atoms with Crippen molar-refractivity contribution in [2.45, 2.75) is 12.7 Å². The van der Waals surface area contributed by atoms with Gasteiger partial charge in [0.25, 0.3) is 0 Å². The van der Waals surface area contributed by atoms with Crippen LogP contribution < -0.4 is 16.8 Å². The zero-order valence-corrected chi connectivity index (χ0v) is 7.23. The van der Waals surface area contributed by atoms with E-state index in [0.717, 1.165) is 11.1 Å². The molecule has 1 amide bonds. The summed E-state index contributed by atoms with van der Waals surface area (Å²) in [5.74, 6) is 0. The van der Waals surface area contributed by atoms with Crippen molar-refractivity contribution in [2.24, 2.45) is 11.5 Å². The van der Waals surface area contributed by atoms with Gasteiger partial charge in [0.15, 0.2) is 0 Å². The third-order valence-electron chi connectivity index (χ3n) is 1.82. The molecule has 0 aliphatic rings. The molecule has 0 aliphatic heterocycles. The van der Waals surface area contributed by atoms with Crippen molar-refractivity contribution in [1.82, 2.24) is 5.32 Å². The fraction of sp³-hybridized carbons (Fsp3) is 0.222. The molecular formula is C9H13N3O. The molecule has 0 radical (unpaired) electrons. The summed E-state index contributed by atoms with van der Waals surface area (Å²) in [5.41, 5.74) is 13.0. The molecule has 13 heavy (non-hydrogen) atoms. The minimum atomic E-state index is -0.440. The number of carbonyl (C=O) groups excluding carboxylic acids is 1. The Labute approximate surface area is 76.9 Å². The molecule has 0 bridgehead atoms. The lowest BCUT2D eigenvalue weighted by molar-refractivity contribution is -0.110. The van der Waals surface area contributed by atoms with Gasteiger partial charge in [0, 0.05) is 6.54 Å². The van der Waals surface area contributed by atoms with Crippen molar-refractivity contribution >= 4 is 6.41 Å². The summed E-state index contributed by atoms with van der Waals surface area (Å²) in [4.78, 5) is 10.1. The van der Waals surface area contributed by atoms with Crippen molar-refractivity contribution in [2.75, 3.05) is 0 Å². The number of nitrogens with two attached hydrogens (primary N) is 2. The minimum Gasteiger partial charge on any atom is -0.339 e. The number of rotatable bonds is 4. The number of hydrogen-bond acceptors (Lipinski definition) is 3. The molecule has 0 aromatic heterocycles. The molecule has 1 aromatic rings. The van der Waals surface area contributed by atoms with Gasteiger partial charge < -0.3 is 16.8 Å². The Balaban J connectivity index is 2.73. The first-order chi connectivity index (χ1) is 6.27. The van der Waals surface area contributed by atoms with E-state index in [1.165, 1.54) is 0 Å². The van der Waals surface area contributed by atoms with Crippen molar-refractivity contribution in [1.29, 1.82) is 0 Å². The number of nitrogens with one attached hydrogen (secondary N) is 1. The molecule has 70 valence electrons. The molecule has 4 heteroatoms. The molecule has 1 atom stereocenters. The van der Waals surface area contributed by atoms with Crippen LogP contribution in [0.1, 0.15) is 17.3 Å². The molecule has 0 spiro atoms. The highest BCUT2D eigenvalue weighted by Crippen LogP contribution is 2.08. The van der Waals surface area contributed by atoms with Gasteiger partial charge in [-0.1, -0.05) is 24.3 Å². The van der Waals surface area contributed by atoms with Crippen LogP contribution in [0.15, 0.2) is 24.3 Å². The molecule has 0 heterocycles. The monoisotopic (exact) mass is 179 g/mol. The second kappa shape index (κ2) is 4.59. The maximum Gasteiger partial charge on any atom is 0.208 e. The molecule has 1 aromatic carbocycles. The smallest absolute Gasteiger partial charge is 0.208 e. The van der Waals surface area contributed by atoms with E-state index in [4.69, 9.17) is 11.5 Å². The van der Waals surface area contributed by atoms with Gasteiger partial charge in [-0.3, -0.25) is 4.79 Å². The lowest BCUT2D eigenvalue weighted by Gasteiger charge is -2.10. The highest BCUT2D eigenvalue weighted by Gasteiger charge is 2.02. The molecule has 5 N–H and O–H groups in total. The third-order valence-corrected chi connectivity index (χ3v) is 1.82. The van der Waals surface area contributed by atoms with Gasteiger partial charge in [-0.05, 0) is 11.1 Å². The van der Waals surface area contributed by atoms with Gasteiger partial charge in [0.05, 0.1) is 0 Å². The first-order valence-electron chi connectivity index (χ1n) is 4.02. The molecule has 1 rings (SSSR count). The molecule has 0 saturated heterocycles. The van der Waals surface area contributed by atoms with E-state index in [2.05, 4.69) is 5.32 Å². The SMILES string of the molecule is NCc1ccc(C(N)NC=O)cc1. The summed E-state index contributed by atoms with van der Waals surface area (Å²) in [6.07, 6.45) is 0.144. The van der Waals surface area contributed by atoms with E-state index in [-0.39, 0.29) is 0 Å². The Bertz CT molecular complexity index is 271. The van der Waals surface area contributed by atoms with Crippen molar-refractivity contribution in [3.63, 3.8) is 0 Å². The lowest BCUT2D eigenvalue weighted by Crippen LogP contribution is -2.27. The van der Waals surface area contributed by atoms with E-state index in [9.17, 15) is 4.79 Å². The Morgan fingerprint density at radius 3 is 2.46 bits per heavy atom. The molecule has 0 saturated carbocycles. The van der Waals surface area contributed by atoms with E-state index in [1.807, 2.05) is 24.3 Å². The van der Waals surface area contributed by atoms with Crippen LogP contribution in [0.3, 0.4) is 0 Å². The molecular weight excluding hydrogens is 166 g/mol. The predicted octanol–water partition coefficient (Wildman–Crippen LogP) is -0.151. The summed E-state index contributed by atoms with van der Waals surface area (Å²) in [6.45, 7) is 0.511. The molecule has 1 unspecified atom stereocenters. The zero-order chi connectivity index (χ0) is 9.68. The topological polar surface area (TPSA) is 81.1 Å². The number of hydrogen-bond donors (Lipinski definition) is 3. The Morgan fingerprint density at radius 2 is 2.00 bits per heavy atom. The predicted molar refractivity (Wildman–Crippen MR) is 50.5 cm³/mol. The van der Waals surface area contributed by atoms with Crippen LogP contribution >= 0.6 is 0 Å². The van der Waals surface area contributed by atoms with Crippen molar-refractivity contribution in [3.05, 3.63) is 35.4 Å². The van der Waals surface area contributed by atoms with Crippen LogP contribution in [0, 0.1) is 0 Å². The van der Waals surface area contributed by atoms with Gasteiger partial charge in [0.2, 0.25) is 6.41 Å². The number of amides is 1. The second-order valence-corrected chi connectivity index (χ2v) is 2.71. The third kappa shape index (κ3) is 2.54. The summed E-state index contributed by atoms with van der Waals surface area (Å²) in [7, 11) is 0. The maximum absolute atomic E-state index is 10.1. The fourth-order valence-corrected chi connectivity index (χ4v) is 1.03. The van der Waals surface area contributed by atoms with E-state index >= 15 is 0 Å². The van der Waals surface area contributed by atoms with Crippen LogP contribution in [0.4, 0.5) is 0 Å². The maximum atomic E-state index is 10.1. The number of benzene rings is 1. The van der Waals surface area contributed by atoms with Gasteiger partial charge >= 0.3 is 0 Å². The average molecular weight is 179 g/mol. The summed E-state index contributed by atoms with van der Waals surface area (Å²) in [5, 5.41) is 2.47. The average Bonchev–Trinajstić information content (AvgIpc) is 2.18. The van der Waals surface area contributed by atoms with E-state index in [1.54, 1.807) is 0 Å². The molecule has 0 aliphatic carbocycles. The normalized spacial score (nSPS) is 12.2. The Morgan fingerprint density at radius 1 is 1.38 bits per heavy atom. The lowest BCUT2D eigenvalue weighted by atomic mass is 10.1. The fourth-order valence-electron chi connectivity index (χ4n) is 1.03. The first kappa shape index (κ1) is 9.70. The highest BCUT2D eigenvalue weighted by molar-refractivity contribution is 5.47. The van der Waals surface area contributed by atoms with Gasteiger partial charge in [-0.15, -0.1) is 0 Å². The minimum absolute atomic E-state index is 0.440. The first-order valence-corrected chi connectivity index (χ1v) is 4.02. The Kier molecular flexibility index (Phi) is 3.42. The van der Waals surface area contributed by atoms with E-state index in [0.29, 0.717) is 13.0 Å². The van der Waals surface area contributed by atoms with Crippen molar-refractivity contribution in [3.8, 4) is 0 Å². The summed E-state index contributed by atoms with van der Waals surface area (Å²) in [6, 6.07) is 7.48. The van der Waals surface area contributed by atoms with Crippen molar-refractivity contribution < 1.29 is 4.79 Å². The summed E-state index contributed by atoms with van der Waals surface area (Å²) < 4.78 is 0. The van der Waals surface area contributed by atoms with Crippen LogP contribution in [0.25, 0.3) is 0 Å². The summed E-state index contributed by atoms with van der Waals surface area (Å²) >= 11 is 0. The highest BCUT2D eigenvalue weighted by atomic mass is 16.1. The van der Waals surface area contributed by atoms with Crippen LogP contribution in [-0.2, 0) is 11.3 Å². The van der Waals surface area contributed by atoms with E-state index < -0.39 is 6.17 Å². The van der Waals surface area contributed by atoms with Crippen LogP contribution in [0.5, 0.6) is 0 Å². The zero-order valence-electron chi connectivity index (χ0n) is 7.23. The molecule has 4 nitrogen and oxygen atoms in total. The van der Waals surface area contributed by atoms with Gasteiger partial charge in [-0.2, -0.15) is 0 Å². The second-order valence-electron chi connectivity index (χ2n) is 2.71. The Hall–Kier alpha value is -1.39. The van der Waals surface area contributed by atoms with Gasteiger partial charge in [-0.25, -0.2) is 0 Å². The van der Waals surface area contributed by atoms with Crippen LogP contribution in [-0.4, -0.2) is 6.41 Å². The number of carbonyl (C=O) groups is 1. The standard InChI is InChI=1S/C9H13N3O/c10-5-7-1-3-8(4-2-7)9(11)12-6-13/h1-4,6,9H,5,10-11H2,(H,12,13). The molecule has 0 fully saturated rings. The largest absolute Gasteiger partial charge is 0.339 e.